The quantitative estimate of drug-likeness (QED) is 0.244. The largest absolute Gasteiger partial charge is 0.394 e. The second-order valence-electron chi connectivity index (χ2n) is 17.5. The van der Waals surface area contributed by atoms with Crippen LogP contribution in [0.5, 0.6) is 0 Å². The van der Waals surface area contributed by atoms with Gasteiger partial charge in [-0.25, -0.2) is 0 Å². The molecule has 5 aliphatic carbocycles. The van der Waals surface area contributed by atoms with Gasteiger partial charge < -0.3 is 29.9 Å². The van der Waals surface area contributed by atoms with E-state index in [9.17, 15) is 20.4 Å². The Bertz CT molecular complexity index is 1060. The summed E-state index contributed by atoms with van der Waals surface area (Å²) in [6.45, 7) is 21.8. The Morgan fingerprint density at radius 2 is 1.52 bits per heavy atom. The maximum atomic E-state index is 10.7. The molecule has 0 aromatic rings. The summed E-state index contributed by atoms with van der Waals surface area (Å²) in [5, 5.41) is 41.0. The topological polar surface area (TPSA) is 99.4 Å². The number of rotatable bonds is 3. The van der Waals surface area contributed by atoms with Crippen LogP contribution in [0.15, 0.2) is 12.2 Å². The van der Waals surface area contributed by atoms with Crippen LogP contribution in [0.3, 0.4) is 0 Å². The third kappa shape index (κ3) is 4.17. The minimum absolute atomic E-state index is 0.141. The smallest absolute Gasteiger partial charge is 0.186 e. The number of allylic oxidation sites excluding steroid dienone is 1. The van der Waals surface area contributed by atoms with E-state index < -0.39 is 37.3 Å². The minimum Gasteiger partial charge on any atom is -0.394 e. The molecule has 1 heterocycles. The average molecular weight is 589 g/mol. The summed E-state index contributed by atoms with van der Waals surface area (Å²) in [7, 11) is 0. The number of hydrogen-bond acceptors (Lipinski definition) is 6. The first-order chi connectivity index (χ1) is 19.5. The predicted octanol–water partition coefficient (Wildman–Crippen LogP) is 5.85. The molecule has 0 aromatic heterocycles. The van der Waals surface area contributed by atoms with Gasteiger partial charge in [-0.1, -0.05) is 60.6 Å². The average Bonchev–Trinajstić information content (AvgIpc) is 2.93. The van der Waals surface area contributed by atoms with E-state index in [1.807, 2.05) is 0 Å². The number of ether oxygens (including phenoxy) is 2. The molecular weight excluding hydrogens is 528 g/mol. The molecule has 0 amide bonds. The van der Waals surface area contributed by atoms with Crippen LogP contribution in [0.25, 0.3) is 0 Å². The van der Waals surface area contributed by atoms with Crippen LogP contribution in [0.1, 0.15) is 113 Å². The third-order valence-corrected chi connectivity index (χ3v) is 15.7. The van der Waals surface area contributed by atoms with Crippen LogP contribution in [0.2, 0.25) is 0 Å². The zero-order valence-electron chi connectivity index (χ0n) is 27.4. The first-order valence-electron chi connectivity index (χ1n) is 17.2. The molecule has 5 saturated carbocycles. The molecule has 6 fully saturated rings. The summed E-state index contributed by atoms with van der Waals surface area (Å²) in [6.07, 6.45) is 5.97. The first kappa shape index (κ1) is 31.5. The molecule has 0 bridgehead atoms. The predicted molar refractivity (Wildman–Crippen MR) is 163 cm³/mol. The highest BCUT2D eigenvalue weighted by molar-refractivity contribution is 5.21. The highest BCUT2D eigenvalue weighted by Crippen LogP contribution is 2.77. The van der Waals surface area contributed by atoms with Gasteiger partial charge in [0.1, 0.15) is 24.4 Å². The fourth-order valence-electron chi connectivity index (χ4n) is 12.9. The zero-order chi connectivity index (χ0) is 30.6. The Balaban J connectivity index is 1.25. The molecule has 6 nitrogen and oxygen atoms in total. The number of fused-ring (bicyclic) bond motifs is 7. The van der Waals surface area contributed by atoms with E-state index in [2.05, 4.69) is 55.0 Å². The second kappa shape index (κ2) is 10.3. The van der Waals surface area contributed by atoms with Crippen LogP contribution in [-0.2, 0) is 9.47 Å². The van der Waals surface area contributed by atoms with Gasteiger partial charge in [0.2, 0.25) is 0 Å². The van der Waals surface area contributed by atoms with Gasteiger partial charge >= 0.3 is 0 Å². The van der Waals surface area contributed by atoms with Gasteiger partial charge in [0.05, 0.1) is 12.7 Å². The normalized spacial score (nSPS) is 57.4. The van der Waals surface area contributed by atoms with Crippen molar-refractivity contribution in [3.63, 3.8) is 0 Å². The first-order valence-corrected chi connectivity index (χ1v) is 17.2. The molecule has 0 aromatic carbocycles. The molecule has 15 unspecified atom stereocenters. The highest BCUT2D eigenvalue weighted by atomic mass is 16.7. The number of aliphatic hydroxyl groups excluding tert-OH is 4. The molecule has 0 radical (unpaired) electrons. The maximum absolute atomic E-state index is 10.7. The summed E-state index contributed by atoms with van der Waals surface area (Å²) < 4.78 is 12.3. The molecule has 1 saturated heterocycles. The molecular formula is C36H60O6. The van der Waals surface area contributed by atoms with E-state index in [-0.39, 0.29) is 16.9 Å². The van der Waals surface area contributed by atoms with E-state index in [0.29, 0.717) is 34.0 Å². The highest BCUT2D eigenvalue weighted by Gasteiger charge is 2.70. The van der Waals surface area contributed by atoms with E-state index in [1.54, 1.807) is 0 Å². The lowest BCUT2D eigenvalue weighted by Gasteiger charge is -2.74. The molecule has 0 spiro atoms. The van der Waals surface area contributed by atoms with Gasteiger partial charge in [0.15, 0.2) is 6.29 Å². The number of aliphatic hydroxyl groups is 4. The van der Waals surface area contributed by atoms with Gasteiger partial charge in [-0.15, -0.1) is 0 Å². The van der Waals surface area contributed by atoms with Gasteiger partial charge in [-0.2, -0.15) is 0 Å². The van der Waals surface area contributed by atoms with Crippen LogP contribution in [0.4, 0.5) is 0 Å². The summed E-state index contributed by atoms with van der Waals surface area (Å²) >= 11 is 0. The maximum Gasteiger partial charge on any atom is 0.186 e. The van der Waals surface area contributed by atoms with Crippen molar-refractivity contribution in [2.24, 2.45) is 56.7 Å². The number of hydrogen-bond donors (Lipinski definition) is 4. The van der Waals surface area contributed by atoms with Gasteiger partial charge in [0, 0.05) is 0 Å². The summed E-state index contributed by atoms with van der Waals surface area (Å²) in [5.74, 6) is 3.29. The van der Waals surface area contributed by atoms with Crippen molar-refractivity contribution in [3.8, 4) is 0 Å². The Labute approximate surface area is 254 Å². The van der Waals surface area contributed by atoms with Gasteiger partial charge in [-0.05, 0) is 121 Å². The lowest BCUT2D eigenvalue weighted by molar-refractivity contribution is -0.332. The molecule has 240 valence electrons. The van der Waals surface area contributed by atoms with Crippen LogP contribution in [-0.4, -0.2) is 63.8 Å². The van der Waals surface area contributed by atoms with Gasteiger partial charge in [-0.3, -0.25) is 0 Å². The minimum atomic E-state index is -1.41. The fourth-order valence-corrected chi connectivity index (χ4v) is 12.9. The van der Waals surface area contributed by atoms with Crippen LogP contribution >= 0.6 is 0 Å². The van der Waals surface area contributed by atoms with E-state index in [1.165, 1.54) is 56.9 Å². The van der Waals surface area contributed by atoms with Crippen LogP contribution in [0, 0.1) is 56.7 Å². The SMILES string of the molecule is C=C1CCC2(C)CCC3(C)C(CCC4C5(C)CCC(OC6OC(CO)C(O)C(O)C6O)C(C)(C)C5CCC43C)C2C1C. The summed E-state index contributed by atoms with van der Waals surface area (Å²) in [6, 6.07) is 0. The Hall–Kier alpha value is -0.500. The van der Waals surface area contributed by atoms with Gasteiger partial charge in [0.25, 0.3) is 0 Å². The third-order valence-electron chi connectivity index (χ3n) is 15.7. The molecule has 1 aliphatic heterocycles. The van der Waals surface area contributed by atoms with Crippen molar-refractivity contribution >= 4 is 0 Å². The summed E-state index contributed by atoms with van der Waals surface area (Å²) in [4.78, 5) is 0. The lowest BCUT2D eigenvalue weighted by atomic mass is 9.31. The fraction of sp³-hybridized carbons (Fsp3) is 0.944. The lowest BCUT2D eigenvalue weighted by Crippen LogP contribution is -2.67. The molecule has 6 rings (SSSR count). The van der Waals surface area contributed by atoms with Crippen molar-refractivity contribution in [3.05, 3.63) is 12.2 Å². The molecule has 15 atom stereocenters. The zero-order valence-corrected chi connectivity index (χ0v) is 27.4. The van der Waals surface area contributed by atoms with Crippen molar-refractivity contribution in [2.75, 3.05) is 6.61 Å². The molecule has 4 N–H and O–H groups in total. The summed E-state index contributed by atoms with van der Waals surface area (Å²) in [5.41, 5.74) is 2.66. The molecule has 42 heavy (non-hydrogen) atoms. The molecule has 6 heteroatoms. The van der Waals surface area contributed by atoms with E-state index in [0.717, 1.165) is 24.7 Å². The standard InChI is InChI=1S/C36H60O6/c1-20-11-14-33(5)17-18-35(7)22(27(33)21(20)2)9-10-25-34(6)15-13-26(32(3,4)24(34)12-16-36(25,35)8)42-31-30(40)29(39)28(38)23(19-37)41-31/h21-31,37-40H,1,9-19H2,2-8H3. The van der Waals surface area contributed by atoms with E-state index >= 15 is 0 Å². The van der Waals surface area contributed by atoms with Crippen molar-refractivity contribution in [1.82, 2.24) is 0 Å². The second-order valence-corrected chi connectivity index (χ2v) is 17.5. The monoisotopic (exact) mass is 588 g/mol. The Morgan fingerprint density at radius 1 is 0.810 bits per heavy atom. The van der Waals surface area contributed by atoms with Crippen molar-refractivity contribution in [1.29, 1.82) is 0 Å². The Morgan fingerprint density at radius 3 is 2.21 bits per heavy atom. The Kier molecular flexibility index (Phi) is 7.69. The van der Waals surface area contributed by atoms with Crippen molar-refractivity contribution < 1.29 is 29.9 Å². The van der Waals surface area contributed by atoms with Crippen molar-refractivity contribution in [2.45, 2.75) is 149 Å². The van der Waals surface area contributed by atoms with E-state index in [4.69, 9.17) is 9.47 Å². The molecule has 6 aliphatic rings. The van der Waals surface area contributed by atoms with Crippen LogP contribution < -0.4 is 0 Å².